The lowest BCUT2D eigenvalue weighted by molar-refractivity contribution is -0.113. The highest BCUT2D eigenvalue weighted by atomic mass is 32.2. The summed E-state index contributed by atoms with van der Waals surface area (Å²) in [6.45, 7) is 4.72. The first-order valence-corrected chi connectivity index (χ1v) is 10.7. The number of amides is 1. The van der Waals surface area contributed by atoms with Gasteiger partial charge >= 0.3 is 0 Å². The maximum absolute atomic E-state index is 12.8. The largest absolute Gasteiger partial charge is 0.383 e. The SMILES string of the molecule is COCCn1c(SCC(=O)Nc2nnc(C)s2)nc2c(c1=O)S[C@@H](C)C2. The molecule has 3 rings (SSSR count). The predicted molar refractivity (Wildman–Crippen MR) is 103 cm³/mol. The molecule has 140 valence electrons. The molecule has 3 heterocycles. The Morgan fingerprint density at radius 3 is 2.96 bits per heavy atom. The molecule has 0 saturated carbocycles. The number of methoxy groups -OCH3 is 1. The van der Waals surface area contributed by atoms with Crippen LogP contribution in [0.15, 0.2) is 14.8 Å². The van der Waals surface area contributed by atoms with Gasteiger partial charge in [-0.15, -0.1) is 22.0 Å². The molecule has 1 N–H and O–H groups in total. The molecular formula is C15H19N5O3S3. The van der Waals surface area contributed by atoms with E-state index >= 15 is 0 Å². The standard InChI is InChI=1S/C15H19N5O3S3/c1-8-6-10-12(25-8)13(22)20(4-5-23-3)15(16-10)24-7-11(21)17-14-19-18-9(2)26-14/h8H,4-7H2,1-3H3,(H,17,19,21)/t8-/m0/s1. The summed E-state index contributed by atoms with van der Waals surface area (Å²) in [5.74, 6) is -0.0681. The van der Waals surface area contributed by atoms with Crippen molar-refractivity contribution >= 4 is 45.9 Å². The number of fused-ring (bicyclic) bond motifs is 1. The van der Waals surface area contributed by atoms with Gasteiger partial charge < -0.3 is 4.74 Å². The van der Waals surface area contributed by atoms with Gasteiger partial charge in [-0.05, 0) is 6.92 Å². The molecular weight excluding hydrogens is 394 g/mol. The molecule has 2 aromatic rings. The predicted octanol–water partition coefficient (Wildman–Crippen LogP) is 1.82. The van der Waals surface area contributed by atoms with Crippen LogP contribution in [0.1, 0.15) is 17.6 Å². The Hall–Kier alpha value is -1.43. The molecule has 0 aromatic carbocycles. The number of aryl methyl sites for hydroxylation is 1. The first-order valence-electron chi connectivity index (χ1n) is 8.00. The Labute approximate surface area is 163 Å². The summed E-state index contributed by atoms with van der Waals surface area (Å²) in [5, 5.41) is 12.6. The average molecular weight is 414 g/mol. The molecule has 0 saturated heterocycles. The molecule has 0 fully saturated rings. The lowest BCUT2D eigenvalue weighted by atomic mass is 10.2. The highest BCUT2D eigenvalue weighted by molar-refractivity contribution is 8.00. The minimum Gasteiger partial charge on any atom is -0.383 e. The van der Waals surface area contributed by atoms with E-state index in [1.807, 2.05) is 6.92 Å². The van der Waals surface area contributed by atoms with Gasteiger partial charge in [0.25, 0.3) is 5.56 Å². The number of carbonyl (C=O) groups excluding carboxylic acids is 1. The van der Waals surface area contributed by atoms with Crippen LogP contribution in [0.25, 0.3) is 0 Å². The third kappa shape index (κ3) is 4.45. The monoisotopic (exact) mass is 413 g/mol. The van der Waals surface area contributed by atoms with Crippen molar-refractivity contribution in [1.82, 2.24) is 19.7 Å². The fourth-order valence-electron chi connectivity index (χ4n) is 2.45. The van der Waals surface area contributed by atoms with E-state index in [9.17, 15) is 9.59 Å². The number of nitrogens with one attached hydrogen (secondary N) is 1. The topological polar surface area (TPSA) is 99.0 Å². The average Bonchev–Trinajstić information content (AvgIpc) is 3.17. The molecule has 8 nitrogen and oxygen atoms in total. The van der Waals surface area contributed by atoms with Crippen molar-refractivity contribution in [2.45, 2.75) is 42.1 Å². The molecule has 0 bridgehead atoms. The van der Waals surface area contributed by atoms with Crippen molar-refractivity contribution in [1.29, 1.82) is 0 Å². The molecule has 0 spiro atoms. The van der Waals surface area contributed by atoms with Crippen LogP contribution in [0.5, 0.6) is 0 Å². The Morgan fingerprint density at radius 2 is 2.27 bits per heavy atom. The van der Waals surface area contributed by atoms with Crippen molar-refractivity contribution in [3.05, 3.63) is 21.1 Å². The number of carbonyl (C=O) groups is 1. The van der Waals surface area contributed by atoms with Crippen molar-refractivity contribution in [2.75, 3.05) is 24.8 Å². The third-order valence-corrected chi connectivity index (χ3v) is 6.53. The molecule has 0 radical (unpaired) electrons. The Kier molecular flexibility index (Phi) is 6.33. The van der Waals surface area contributed by atoms with Gasteiger partial charge in [-0.25, -0.2) is 4.98 Å². The lowest BCUT2D eigenvalue weighted by Gasteiger charge is -2.13. The Morgan fingerprint density at radius 1 is 1.46 bits per heavy atom. The number of nitrogens with zero attached hydrogens (tertiary/aromatic N) is 4. The van der Waals surface area contributed by atoms with Crippen LogP contribution >= 0.6 is 34.9 Å². The zero-order valence-electron chi connectivity index (χ0n) is 14.6. The number of anilines is 1. The Bertz CT molecular complexity index is 867. The van der Waals surface area contributed by atoms with Gasteiger partial charge in [-0.2, -0.15) is 0 Å². The van der Waals surface area contributed by atoms with Crippen molar-refractivity contribution in [2.24, 2.45) is 0 Å². The number of thioether (sulfide) groups is 2. The minimum absolute atomic E-state index is 0.0518. The van der Waals surface area contributed by atoms with Gasteiger partial charge in [-0.1, -0.05) is 30.0 Å². The van der Waals surface area contributed by atoms with Gasteiger partial charge in [-0.3, -0.25) is 19.5 Å². The van der Waals surface area contributed by atoms with Crippen LogP contribution in [0, 0.1) is 6.92 Å². The van der Waals surface area contributed by atoms with Crippen LogP contribution in [0.3, 0.4) is 0 Å². The fourth-order valence-corrected chi connectivity index (χ4v) is 5.02. The second-order valence-electron chi connectivity index (χ2n) is 5.72. The quantitative estimate of drug-likeness (QED) is 0.542. The van der Waals surface area contributed by atoms with E-state index in [0.717, 1.165) is 17.1 Å². The van der Waals surface area contributed by atoms with Crippen LogP contribution < -0.4 is 10.9 Å². The lowest BCUT2D eigenvalue weighted by Crippen LogP contribution is -2.27. The molecule has 1 amide bonds. The molecule has 1 aliphatic rings. The summed E-state index contributed by atoms with van der Waals surface area (Å²) in [6.07, 6.45) is 0.768. The summed E-state index contributed by atoms with van der Waals surface area (Å²) in [4.78, 5) is 30.3. The molecule has 0 unspecified atom stereocenters. The van der Waals surface area contributed by atoms with Crippen molar-refractivity contribution < 1.29 is 9.53 Å². The van der Waals surface area contributed by atoms with E-state index < -0.39 is 0 Å². The van der Waals surface area contributed by atoms with E-state index in [1.165, 1.54) is 23.1 Å². The number of hydrogen-bond acceptors (Lipinski definition) is 9. The summed E-state index contributed by atoms with van der Waals surface area (Å²) in [6, 6.07) is 0. The van der Waals surface area contributed by atoms with Crippen LogP contribution in [0.4, 0.5) is 5.13 Å². The van der Waals surface area contributed by atoms with Crippen LogP contribution in [0.2, 0.25) is 0 Å². The van der Waals surface area contributed by atoms with Crippen LogP contribution in [-0.2, 0) is 22.5 Å². The van der Waals surface area contributed by atoms with Gasteiger partial charge in [0, 0.05) is 18.8 Å². The van der Waals surface area contributed by atoms with Crippen LogP contribution in [-0.4, -0.2) is 50.4 Å². The zero-order valence-corrected chi connectivity index (χ0v) is 17.1. The summed E-state index contributed by atoms with van der Waals surface area (Å²) in [5.41, 5.74) is 0.771. The highest BCUT2D eigenvalue weighted by Gasteiger charge is 2.26. The van der Waals surface area contributed by atoms with E-state index in [-0.39, 0.29) is 17.2 Å². The van der Waals surface area contributed by atoms with Gasteiger partial charge in [0.1, 0.15) is 5.01 Å². The highest BCUT2D eigenvalue weighted by Crippen LogP contribution is 2.34. The first kappa shape index (κ1) is 19.3. The molecule has 26 heavy (non-hydrogen) atoms. The molecule has 1 atom stereocenters. The van der Waals surface area contributed by atoms with E-state index in [0.29, 0.717) is 33.6 Å². The maximum atomic E-state index is 12.8. The van der Waals surface area contributed by atoms with E-state index in [4.69, 9.17) is 4.74 Å². The Balaban J connectivity index is 1.75. The van der Waals surface area contributed by atoms with Crippen molar-refractivity contribution in [3.8, 4) is 0 Å². The second-order valence-corrected chi connectivity index (χ2v) is 9.29. The van der Waals surface area contributed by atoms with Gasteiger partial charge in [0.2, 0.25) is 11.0 Å². The zero-order chi connectivity index (χ0) is 18.7. The summed E-state index contributed by atoms with van der Waals surface area (Å²) < 4.78 is 6.70. The van der Waals surface area contributed by atoms with Gasteiger partial charge in [0.05, 0.1) is 29.5 Å². The first-order chi connectivity index (χ1) is 12.5. The molecule has 2 aromatic heterocycles. The smallest absolute Gasteiger partial charge is 0.268 e. The molecule has 1 aliphatic heterocycles. The molecule has 0 aliphatic carbocycles. The second kappa shape index (κ2) is 8.51. The number of ether oxygens (including phenoxy) is 1. The summed E-state index contributed by atoms with van der Waals surface area (Å²) in [7, 11) is 1.59. The molecule has 11 heteroatoms. The maximum Gasteiger partial charge on any atom is 0.268 e. The van der Waals surface area contributed by atoms with Gasteiger partial charge in [0.15, 0.2) is 5.16 Å². The van der Waals surface area contributed by atoms with E-state index in [1.54, 1.807) is 23.4 Å². The van der Waals surface area contributed by atoms with E-state index in [2.05, 4.69) is 27.4 Å². The van der Waals surface area contributed by atoms with Crippen molar-refractivity contribution in [3.63, 3.8) is 0 Å². The summed E-state index contributed by atoms with van der Waals surface area (Å²) >= 11 is 4.13. The number of hydrogen-bond donors (Lipinski definition) is 1. The minimum atomic E-state index is -0.207. The normalized spacial score (nSPS) is 15.9. The third-order valence-electron chi connectivity index (χ3n) is 3.59. The number of aromatic nitrogens is 4. The number of rotatable bonds is 7. The fraction of sp³-hybridized carbons (Fsp3) is 0.533.